The van der Waals surface area contributed by atoms with E-state index in [1.165, 1.54) is 6.92 Å². The highest BCUT2D eigenvalue weighted by Crippen LogP contribution is 2.30. The molecule has 29 heavy (non-hydrogen) atoms. The van der Waals surface area contributed by atoms with Crippen LogP contribution in [0.3, 0.4) is 0 Å². The number of rotatable bonds is 5. The molecule has 2 heterocycles. The van der Waals surface area contributed by atoms with Gasteiger partial charge in [-0.1, -0.05) is 13.0 Å². The number of anilines is 1. The van der Waals surface area contributed by atoms with E-state index in [0.717, 1.165) is 38.4 Å². The number of benzene rings is 1. The Labute approximate surface area is 173 Å². The van der Waals surface area contributed by atoms with Gasteiger partial charge in [0.25, 0.3) is 0 Å². The number of allylic oxidation sites excluding steroid dienone is 1. The normalized spacial score (nSPS) is 19.0. The number of nitrogens with zero attached hydrogens (tertiary/aromatic N) is 4. The van der Waals surface area contributed by atoms with Crippen molar-refractivity contribution in [1.82, 2.24) is 25.2 Å². The largest absolute Gasteiger partial charge is 0.347 e. The zero-order valence-corrected chi connectivity index (χ0v) is 17.7. The van der Waals surface area contributed by atoms with Gasteiger partial charge in [0.2, 0.25) is 11.9 Å². The van der Waals surface area contributed by atoms with Gasteiger partial charge in [0.15, 0.2) is 0 Å². The zero-order valence-electron chi connectivity index (χ0n) is 16.9. The van der Waals surface area contributed by atoms with E-state index in [1.807, 2.05) is 44.6 Å². The summed E-state index contributed by atoms with van der Waals surface area (Å²) in [6.07, 6.45) is 7.84. The molecule has 0 aliphatic heterocycles. The van der Waals surface area contributed by atoms with Gasteiger partial charge in [-0.15, -0.1) is 11.3 Å². The third-order valence-corrected chi connectivity index (χ3v) is 5.79. The molecule has 7 nitrogen and oxygen atoms in total. The first-order valence-electron chi connectivity index (χ1n) is 9.53. The topological polar surface area (TPSA) is 83.0 Å². The van der Waals surface area contributed by atoms with Crippen LogP contribution in [-0.2, 0) is 11.3 Å². The third-order valence-electron chi connectivity index (χ3n) is 4.72. The molecule has 2 unspecified atom stereocenters. The monoisotopic (exact) mass is 408 g/mol. The molecule has 1 aliphatic rings. The van der Waals surface area contributed by atoms with Crippen LogP contribution in [0.4, 0.5) is 5.95 Å². The summed E-state index contributed by atoms with van der Waals surface area (Å²) >= 11 is 1.68. The number of nitrogens with one attached hydrogen (secondary N) is 2. The molecule has 2 aromatic heterocycles. The Hall–Kier alpha value is -2.84. The molecule has 3 aromatic rings. The van der Waals surface area contributed by atoms with Gasteiger partial charge in [-0.2, -0.15) is 0 Å². The zero-order chi connectivity index (χ0) is 20.5. The second-order valence-corrected chi connectivity index (χ2v) is 8.67. The van der Waals surface area contributed by atoms with Crippen molar-refractivity contribution in [2.75, 3.05) is 19.4 Å². The quantitative estimate of drug-likeness (QED) is 0.674. The maximum Gasteiger partial charge on any atom is 0.223 e. The van der Waals surface area contributed by atoms with Gasteiger partial charge in [0.1, 0.15) is 5.01 Å². The maximum atomic E-state index is 11.4. The summed E-state index contributed by atoms with van der Waals surface area (Å²) in [5, 5.41) is 8.30. The number of hydrogen-bond acceptors (Lipinski definition) is 7. The van der Waals surface area contributed by atoms with Crippen molar-refractivity contribution >= 4 is 44.3 Å². The molecule has 0 saturated carbocycles. The average Bonchev–Trinajstić information content (AvgIpc) is 3.06. The van der Waals surface area contributed by atoms with Crippen LogP contribution < -0.4 is 10.6 Å². The van der Waals surface area contributed by atoms with E-state index < -0.39 is 0 Å². The molecule has 1 aromatic carbocycles. The molecule has 4 rings (SSSR count). The van der Waals surface area contributed by atoms with Gasteiger partial charge in [0.05, 0.1) is 21.8 Å². The molecular formula is C21H24N6OS. The highest BCUT2D eigenvalue weighted by molar-refractivity contribution is 7.19. The molecule has 0 spiro atoms. The summed E-state index contributed by atoms with van der Waals surface area (Å²) in [6.45, 7) is 4.43. The average molecular weight is 409 g/mol. The summed E-state index contributed by atoms with van der Waals surface area (Å²) in [5.41, 5.74) is 2.66. The fourth-order valence-electron chi connectivity index (χ4n) is 3.32. The van der Waals surface area contributed by atoms with E-state index in [9.17, 15) is 4.79 Å². The lowest BCUT2D eigenvalue weighted by Gasteiger charge is -2.24. The minimum Gasteiger partial charge on any atom is -0.347 e. The molecule has 8 heteroatoms. The minimum atomic E-state index is -0.0859. The Kier molecular flexibility index (Phi) is 5.29. The molecule has 0 saturated heterocycles. The summed E-state index contributed by atoms with van der Waals surface area (Å²) in [4.78, 5) is 27.5. The van der Waals surface area contributed by atoms with E-state index in [-0.39, 0.29) is 17.9 Å². The Morgan fingerprint density at radius 2 is 2.10 bits per heavy atom. The Bertz CT molecular complexity index is 1130. The molecule has 2 atom stereocenters. The van der Waals surface area contributed by atoms with Crippen LogP contribution >= 0.6 is 11.3 Å². The predicted molar refractivity (Wildman–Crippen MR) is 118 cm³/mol. The number of fused-ring (bicyclic) bond motifs is 3. The van der Waals surface area contributed by atoms with E-state index in [4.69, 9.17) is 9.97 Å². The van der Waals surface area contributed by atoms with E-state index in [1.54, 1.807) is 11.3 Å². The second-order valence-electron chi connectivity index (χ2n) is 7.58. The van der Waals surface area contributed by atoms with Gasteiger partial charge in [0, 0.05) is 30.7 Å². The Balaban J connectivity index is 1.66. The van der Waals surface area contributed by atoms with Crippen LogP contribution in [0.2, 0.25) is 0 Å². The van der Waals surface area contributed by atoms with Crippen LogP contribution in [-0.4, -0.2) is 45.9 Å². The smallest absolute Gasteiger partial charge is 0.223 e. The van der Waals surface area contributed by atoms with Gasteiger partial charge in [-0.25, -0.2) is 15.0 Å². The molecule has 0 radical (unpaired) electrons. The number of carbonyl (C=O) groups excluding carboxylic acids is 1. The Morgan fingerprint density at radius 3 is 2.86 bits per heavy atom. The first kappa shape index (κ1) is 19.5. The van der Waals surface area contributed by atoms with E-state index in [2.05, 4.69) is 33.5 Å². The summed E-state index contributed by atoms with van der Waals surface area (Å²) < 4.78 is 1.08. The number of thiazole rings is 1. The Morgan fingerprint density at radius 1 is 1.28 bits per heavy atom. The van der Waals surface area contributed by atoms with Gasteiger partial charge >= 0.3 is 0 Å². The predicted octanol–water partition coefficient (Wildman–Crippen LogP) is 3.31. The number of hydrogen-bond donors (Lipinski definition) is 2. The lowest BCUT2D eigenvalue weighted by atomic mass is 9.96. The number of aromatic nitrogens is 3. The minimum absolute atomic E-state index is 0.00994. The van der Waals surface area contributed by atoms with Crippen molar-refractivity contribution in [1.29, 1.82) is 0 Å². The van der Waals surface area contributed by atoms with Crippen molar-refractivity contribution < 1.29 is 4.79 Å². The van der Waals surface area contributed by atoms with Crippen molar-refractivity contribution in [3.05, 3.63) is 47.3 Å². The molecule has 2 N–H and O–H groups in total. The van der Waals surface area contributed by atoms with E-state index >= 15 is 0 Å². The second kappa shape index (κ2) is 7.88. The lowest BCUT2D eigenvalue weighted by Crippen LogP contribution is -2.30. The first-order valence-corrected chi connectivity index (χ1v) is 10.3. The molecule has 0 fully saturated rings. The molecular weight excluding hydrogens is 384 g/mol. The lowest BCUT2D eigenvalue weighted by molar-refractivity contribution is -0.118. The van der Waals surface area contributed by atoms with Crippen LogP contribution in [0.15, 0.2) is 42.3 Å². The van der Waals surface area contributed by atoms with Crippen molar-refractivity contribution in [2.45, 2.75) is 26.4 Å². The van der Waals surface area contributed by atoms with E-state index in [0.29, 0.717) is 5.95 Å². The van der Waals surface area contributed by atoms with Gasteiger partial charge < -0.3 is 15.5 Å². The molecule has 1 amide bonds. The third kappa shape index (κ3) is 4.28. The standard InChI is InChI=1S/C21H24N6OS/c1-12-5-7-15(23-13(2)28)9-17(12)25-21-22-10-14-6-8-16-20(19(14)26-21)29-18(24-16)11-27(3)4/h5-10,12,17H,11H2,1-4H3,(H,23,28)(H,22,25,26). The highest BCUT2D eigenvalue weighted by atomic mass is 32.1. The van der Waals surface area contributed by atoms with Crippen molar-refractivity contribution in [2.24, 2.45) is 5.92 Å². The maximum absolute atomic E-state index is 11.4. The first-order chi connectivity index (χ1) is 13.9. The van der Waals surface area contributed by atoms with Gasteiger partial charge in [-0.3, -0.25) is 4.79 Å². The van der Waals surface area contributed by atoms with Crippen LogP contribution in [0.25, 0.3) is 21.1 Å². The summed E-state index contributed by atoms with van der Waals surface area (Å²) in [5.74, 6) is 0.730. The van der Waals surface area contributed by atoms with Crippen LogP contribution in [0.5, 0.6) is 0 Å². The van der Waals surface area contributed by atoms with Crippen LogP contribution in [0, 0.1) is 5.92 Å². The highest BCUT2D eigenvalue weighted by Gasteiger charge is 2.19. The number of amides is 1. The summed E-state index contributed by atoms with van der Waals surface area (Å²) in [7, 11) is 4.08. The van der Waals surface area contributed by atoms with Crippen molar-refractivity contribution in [3.63, 3.8) is 0 Å². The van der Waals surface area contributed by atoms with Gasteiger partial charge in [-0.05, 0) is 44.3 Å². The van der Waals surface area contributed by atoms with Crippen LogP contribution in [0.1, 0.15) is 18.9 Å². The van der Waals surface area contributed by atoms with Crippen molar-refractivity contribution in [3.8, 4) is 0 Å². The fourth-order valence-corrected chi connectivity index (χ4v) is 4.50. The fraction of sp³-hybridized carbons (Fsp3) is 0.333. The molecule has 150 valence electrons. The molecule has 0 bridgehead atoms. The SMILES string of the molecule is CC(=O)NC1=CC(Nc2ncc3ccc4nc(CN(C)C)sc4c3n2)C(C)C=C1. The summed E-state index contributed by atoms with van der Waals surface area (Å²) in [6, 6.07) is 4.03. The number of carbonyl (C=O) groups is 1. The molecule has 1 aliphatic carbocycles.